The lowest BCUT2D eigenvalue weighted by atomic mass is 10.4. The average molecular weight is 209 g/mol. The third kappa shape index (κ3) is 2.45. The molecule has 1 rings (SSSR count). The predicted molar refractivity (Wildman–Crippen MR) is 60.9 cm³/mol. The van der Waals surface area contributed by atoms with Gasteiger partial charge in [-0.15, -0.1) is 0 Å². The molecule has 0 fully saturated rings. The zero-order valence-corrected chi connectivity index (χ0v) is 9.33. The van der Waals surface area contributed by atoms with Crippen molar-refractivity contribution in [2.24, 2.45) is 4.36 Å². The summed E-state index contributed by atoms with van der Waals surface area (Å²) in [6, 6.07) is 9.40. The molecule has 0 radical (unpaired) electrons. The van der Waals surface area contributed by atoms with Crippen molar-refractivity contribution >= 4 is 9.73 Å². The Morgan fingerprint density at radius 2 is 2.00 bits per heavy atom. The van der Waals surface area contributed by atoms with E-state index in [0.29, 0.717) is 5.75 Å². The van der Waals surface area contributed by atoms with Gasteiger partial charge >= 0.3 is 0 Å². The molecule has 76 valence electrons. The molecule has 1 aromatic rings. The minimum Gasteiger partial charge on any atom is -0.244 e. The molecule has 1 aromatic carbocycles. The summed E-state index contributed by atoms with van der Waals surface area (Å²) < 4.78 is 16.3. The van der Waals surface area contributed by atoms with Gasteiger partial charge in [0.15, 0.2) is 0 Å². The van der Waals surface area contributed by atoms with Gasteiger partial charge in [-0.3, -0.25) is 0 Å². The Balaban J connectivity index is 3.11. The van der Waals surface area contributed by atoms with Crippen LogP contribution < -0.4 is 0 Å². The highest BCUT2D eigenvalue weighted by Gasteiger charge is 2.07. The maximum absolute atomic E-state index is 12.3. The van der Waals surface area contributed by atoms with Gasteiger partial charge in [0, 0.05) is 11.9 Å². The van der Waals surface area contributed by atoms with E-state index in [2.05, 4.69) is 4.36 Å². The normalized spacial score (nSPS) is 15.3. The zero-order valence-electron chi connectivity index (χ0n) is 8.51. The molecule has 0 bridgehead atoms. The number of nitrogens with zero attached hydrogens (tertiary/aromatic N) is 1. The molecular formula is C11H15NOS. The van der Waals surface area contributed by atoms with Crippen LogP contribution in [0, 0.1) is 0 Å². The second-order valence-electron chi connectivity index (χ2n) is 2.87. The number of benzene rings is 1. The van der Waals surface area contributed by atoms with Crippen molar-refractivity contribution in [3.8, 4) is 0 Å². The summed E-state index contributed by atoms with van der Waals surface area (Å²) >= 11 is 0. The summed E-state index contributed by atoms with van der Waals surface area (Å²) in [4.78, 5) is 0.806. The van der Waals surface area contributed by atoms with Crippen molar-refractivity contribution < 1.29 is 4.21 Å². The third-order valence-electron chi connectivity index (χ3n) is 1.96. The molecule has 0 aliphatic heterocycles. The predicted octanol–water partition coefficient (Wildman–Crippen LogP) is 2.72. The second kappa shape index (κ2) is 4.96. The first-order valence-corrected chi connectivity index (χ1v) is 6.20. The molecule has 0 amide bonds. The van der Waals surface area contributed by atoms with Crippen molar-refractivity contribution in [2.75, 3.05) is 12.8 Å². The van der Waals surface area contributed by atoms with Crippen LogP contribution in [0.25, 0.3) is 0 Å². The first-order valence-electron chi connectivity index (χ1n) is 4.52. The number of rotatable bonds is 3. The lowest BCUT2D eigenvalue weighted by Gasteiger charge is -2.05. The van der Waals surface area contributed by atoms with E-state index >= 15 is 0 Å². The SMILES string of the molecule is C/C=C/CS(=O)(=NC)c1ccccc1. The summed E-state index contributed by atoms with van der Waals surface area (Å²) in [5, 5.41) is 0. The molecule has 0 N–H and O–H groups in total. The van der Waals surface area contributed by atoms with Crippen LogP contribution in [-0.4, -0.2) is 17.0 Å². The van der Waals surface area contributed by atoms with Gasteiger partial charge < -0.3 is 0 Å². The van der Waals surface area contributed by atoms with Gasteiger partial charge in [-0.1, -0.05) is 30.4 Å². The fourth-order valence-corrected chi connectivity index (χ4v) is 2.72. The van der Waals surface area contributed by atoms with Gasteiger partial charge in [0.05, 0.1) is 15.5 Å². The molecule has 14 heavy (non-hydrogen) atoms. The Kier molecular flexibility index (Phi) is 3.89. The number of allylic oxidation sites excluding steroid dienone is 1. The van der Waals surface area contributed by atoms with E-state index in [1.807, 2.05) is 49.4 Å². The van der Waals surface area contributed by atoms with Crippen LogP contribution in [0.5, 0.6) is 0 Å². The Morgan fingerprint density at radius 1 is 1.36 bits per heavy atom. The second-order valence-corrected chi connectivity index (χ2v) is 5.32. The quantitative estimate of drug-likeness (QED) is 0.704. The summed E-state index contributed by atoms with van der Waals surface area (Å²) in [5.74, 6) is 0.490. The zero-order chi connectivity index (χ0) is 10.4. The standard InChI is InChI=1S/C11H15NOS/c1-3-4-10-14(13,12-2)11-8-6-5-7-9-11/h3-9H,10H2,1-2H3/b4-3+. The van der Waals surface area contributed by atoms with E-state index in [-0.39, 0.29) is 0 Å². The van der Waals surface area contributed by atoms with E-state index < -0.39 is 9.73 Å². The summed E-state index contributed by atoms with van der Waals surface area (Å²) in [7, 11) is -0.620. The van der Waals surface area contributed by atoms with Gasteiger partial charge in [0.2, 0.25) is 0 Å². The van der Waals surface area contributed by atoms with Gasteiger partial charge in [-0.05, 0) is 19.1 Å². The van der Waals surface area contributed by atoms with Crippen LogP contribution in [-0.2, 0) is 9.73 Å². The van der Waals surface area contributed by atoms with E-state index in [0.717, 1.165) is 4.90 Å². The van der Waals surface area contributed by atoms with E-state index in [1.54, 1.807) is 7.05 Å². The third-order valence-corrected chi connectivity index (χ3v) is 4.21. The van der Waals surface area contributed by atoms with Crippen molar-refractivity contribution in [3.05, 3.63) is 42.5 Å². The van der Waals surface area contributed by atoms with Crippen LogP contribution in [0.3, 0.4) is 0 Å². The van der Waals surface area contributed by atoms with Crippen molar-refractivity contribution in [1.82, 2.24) is 0 Å². The van der Waals surface area contributed by atoms with Gasteiger partial charge in [-0.2, -0.15) is 0 Å². The highest BCUT2D eigenvalue weighted by Crippen LogP contribution is 2.13. The molecule has 0 aliphatic rings. The van der Waals surface area contributed by atoms with Crippen LogP contribution in [0.15, 0.2) is 51.7 Å². The lowest BCUT2D eigenvalue weighted by molar-refractivity contribution is 0.678. The maximum atomic E-state index is 12.3. The van der Waals surface area contributed by atoms with Crippen LogP contribution in [0.1, 0.15) is 6.92 Å². The van der Waals surface area contributed by atoms with Crippen LogP contribution >= 0.6 is 0 Å². The smallest absolute Gasteiger partial charge is 0.0785 e. The van der Waals surface area contributed by atoms with Crippen molar-refractivity contribution in [1.29, 1.82) is 0 Å². The molecule has 1 unspecified atom stereocenters. The fraction of sp³-hybridized carbons (Fsp3) is 0.273. The Morgan fingerprint density at radius 3 is 2.50 bits per heavy atom. The van der Waals surface area contributed by atoms with Gasteiger partial charge in [0.25, 0.3) is 0 Å². The highest BCUT2D eigenvalue weighted by molar-refractivity contribution is 7.93. The number of hydrogen-bond acceptors (Lipinski definition) is 2. The van der Waals surface area contributed by atoms with E-state index in [9.17, 15) is 4.21 Å². The topological polar surface area (TPSA) is 29.4 Å². The van der Waals surface area contributed by atoms with Crippen LogP contribution in [0.2, 0.25) is 0 Å². The minimum atomic E-state index is -2.23. The first kappa shape index (κ1) is 11.0. The molecule has 0 spiro atoms. The molecule has 2 nitrogen and oxygen atoms in total. The Bertz CT molecular complexity index is 414. The Labute approximate surface area is 85.8 Å². The van der Waals surface area contributed by atoms with Gasteiger partial charge in [-0.25, -0.2) is 8.57 Å². The lowest BCUT2D eigenvalue weighted by Crippen LogP contribution is -2.04. The Hall–Kier alpha value is -1.09. The van der Waals surface area contributed by atoms with Crippen molar-refractivity contribution in [2.45, 2.75) is 11.8 Å². The molecular weight excluding hydrogens is 194 g/mol. The highest BCUT2D eigenvalue weighted by atomic mass is 32.2. The van der Waals surface area contributed by atoms with Crippen LogP contribution in [0.4, 0.5) is 0 Å². The van der Waals surface area contributed by atoms with E-state index in [1.165, 1.54) is 0 Å². The molecule has 3 heteroatoms. The average Bonchev–Trinajstić information content (AvgIpc) is 2.27. The minimum absolute atomic E-state index is 0.490. The maximum Gasteiger partial charge on any atom is 0.0785 e. The van der Waals surface area contributed by atoms with E-state index in [4.69, 9.17) is 0 Å². The first-order chi connectivity index (χ1) is 6.73. The molecule has 0 aromatic heterocycles. The summed E-state index contributed by atoms with van der Waals surface area (Å²) in [5.41, 5.74) is 0. The molecule has 0 aliphatic carbocycles. The summed E-state index contributed by atoms with van der Waals surface area (Å²) in [6.45, 7) is 1.92. The molecule has 0 saturated carbocycles. The fourth-order valence-electron chi connectivity index (χ4n) is 1.14. The molecule has 0 saturated heterocycles. The summed E-state index contributed by atoms with van der Waals surface area (Å²) in [6.07, 6.45) is 3.79. The molecule has 0 heterocycles. The number of hydrogen-bond donors (Lipinski definition) is 0. The van der Waals surface area contributed by atoms with Crippen molar-refractivity contribution in [3.63, 3.8) is 0 Å². The molecule has 1 atom stereocenters. The monoisotopic (exact) mass is 209 g/mol. The van der Waals surface area contributed by atoms with Gasteiger partial charge in [0.1, 0.15) is 0 Å². The largest absolute Gasteiger partial charge is 0.244 e.